The minimum absolute atomic E-state index is 0. The zero-order chi connectivity index (χ0) is 18.4. The Labute approximate surface area is 165 Å². The van der Waals surface area contributed by atoms with E-state index in [1.807, 2.05) is 38.1 Å². The molecule has 2 aromatic rings. The van der Waals surface area contributed by atoms with Crippen molar-refractivity contribution >= 4 is 29.9 Å². The normalized spacial score (nSPS) is 10.7. The molecule has 7 heteroatoms. The number of ether oxygens (including phenoxy) is 2. The van der Waals surface area contributed by atoms with E-state index in [0.717, 1.165) is 5.56 Å². The van der Waals surface area contributed by atoms with Crippen LogP contribution >= 0.6 is 24.0 Å². The molecule has 0 saturated heterocycles. The van der Waals surface area contributed by atoms with E-state index >= 15 is 0 Å². The predicted octanol–water partition coefficient (Wildman–Crippen LogP) is 3.82. The highest BCUT2D eigenvalue weighted by atomic mass is 35.5. The van der Waals surface area contributed by atoms with Gasteiger partial charge in [-0.25, -0.2) is 0 Å². The third-order valence-corrected chi connectivity index (χ3v) is 3.95. The molecule has 0 aliphatic heterocycles. The third kappa shape index (κ3) is 6.09. The highest BCUT2D eigenvalue weighted by Gasteiger charge is 2.20. The predicted molar refractivity (Wildman–Crippen MR) is 107 cm³/mol. The van der Waals surface area contributed by atoms with Gasteiger partial charge in [-0.05, 0) is 49.7 Å². The number of benzene rings is 2. The van der Waals surface area contributed by atoms with E-state index in [1.54, 1.807) is 18.2 Å². The van der Waals surface area contributed by atoms with Gasteiger partial charge in [0, 0.05) is 22.7 Å². The molecule has 3 N–H and O–H groups in total. The van der Waals surface area contributed by atoms with Gasteiger partial charge in [-0.3, -0.25) is 4.79 Å². The molecule has 2 rings (SSSR count). The van der Waals surface area contributed by atoms with E-state index < -0.39 is 5.54 Å². The Morgan fingerprint density at radius 1 is 1.15 bits per heavy atom. The maximum Gasteiger partial charge on any atom is 0.251 e. The summed E-state index contributed by atoms with van der Waals surface area (Å²) >= 11 is 5.87. The van der Waals surface area contributed by atoms with E-state index in [9.17, 15) is 4.79 Å². The van der Waals surface area contributed by atoms with E-state index in [-0.39, 0.29) is 18.3 Å². The number of carbonyl (C=O) groups is 1. The number of nitrogens with two attached hydrogens (primary N) is 1. The first-order chi connectivity index (χ1) is 11.8. The van der Waals surface area contributed by atoms with E-state index in [0.29, 0.717) is 35.2 Å². The van der Waals surface area contributed by atoms with Gasteiger partial charge in [0.1, 0.15) is 6.61 Å². The molecule has 0 aromatic heterocycles. The van der Waals surface area contributed by atoms with Crippen molar-refractivity contribution in [1.29, 1.82) is 0 Å². The van der Waals surface area contributed by atoms with Crippen molar-refractivity contribution in [2.45, 2.75) is 26.0 Å². The topological polar surface area (TPSA) is 73.6 Å². The quantitative estimate of drug-likeness (QED) is 0.743. The average Bonchev–Trinajstić information content (AvgIpc) is 2.60. The minimum Gasteiger partial charge on any atom is -0.493 e. The lowest BCUT2D eigenvalue weighted by molar-refractivity contribution is 0.0915. The second kappa shape index (κ2) is 9.67. The molecule has 0 unspecified atom stereocenters. The number of amides is 1. The molecule has 5 nitrogen and oxygen atoms in total. The van der Waals surface area contributed by atoms with Gasteiger partial charge in [0.2, 0.25) is 0 Å². The molecule has 0 atom stereocenters. The Hall–Kier alpha value is -1.95. The van der Waals surface area contributed by atoms with Crippen molar-refractivity contribution in [3.8, 4) is 11.5 Å². The highest BCUT2D eigenvalue weighted by molar-refractivity contribution is 6.30. The fourth-order valence-corrected chi connectivity index (χ4v) is 2.23. The molecular formula is C19H24Cl2N2O3. The smallest absolute Gasteiger partial charge is 0.251 e. The summed E-state index contributed by atoms with van der Waals surface area (Å²) in [5.41, 5.74) is 6.64. The van der Waals surface area contributed by atoms with Crippen molar-refractivity contribution in [2.75, 3.05) is 13.7 Å². The number of rotatable bonds is 7. The first-order valence-electron chi connectivity index (χ1n) is 7.92. The van der Waals surface area contributed by atoms with Crippen LogP contribution in [-0.4, -0.2) is 25.1 Å². The molecule has 0 radical (unpaired) electrons. The summed E-state index contributed by atoms with van der Waals surface area (Å²) in [6.45, 7) is 4.45. The molecule has 0 heterocycles. The molecule has 0 saturated carbocycles. The first-order valence-corrected chi connectivity index (χ1v) is 8.30. The SMILES string of the molecule is COc1cc(C(=O)NC(C)(C)CN)ccc1OCc1ccc(Cl)cc1.Cl. The number of hydrogen-bond donors (Lipinski definition) is 2. The van der Waals surface area contributed by atoms with E-state index in [2.05, 4.69) is 5.32 Å². The Bertz CT molecular complexity index is 734. The van der Waals surface area contributed by atoms with Crippen molar-refractivity contribution in [3.05, 3.63) is 58.6 Å². The molecule has 26 heavy (non-hydrogen) atoms. The minimum atomic E-state index is -0.478. The van der Waals surface area contributed by atoms with Gasteiger partial charge < -0.3 is 20.5 Å². The number of nitrogens with one attached hydrogen (secondary N) is 1. The van der Waals surface area contributed by atoms with Crippen LogP contribution in [0.25, 0.3) is 0 Å². The molecule has 0 aliphatic rings. The summed E-state index contributed by atoms with van der Waals surface area (Å²) in [7, 11) is 1.54. The van der Waals surface area contributed by atoms with Crippen LogP contribution in [0.1, 0.15) is 29.8 Å². The summed E-state index contributed by atoms with van der Waals surface area (Å²) in [4.78, 5) is 12.3. The molecule has 142 valence electrons. The van der Waals surface area contributed by atoms with Crippen LogP contribution in [0.15, 0.2) is 42.5 Å². The summed E-state index contributed by atoms with van der Waals surface area (Å²) in [6, 6.07) is 12.5. The molecular weight excluding hydrogens is 375 g/mol. The summed E-state index contributed by atoms with van der Waals surface area (Å²) in [5.74, 6) is 0.845. The Kier molecular flexibility index (Phi) is 8.21. The van der Waals surface area contributed by atoms with Gasteiger partial charge in [0.15, 0.2) is 11.5 Å². The Morgan fingerprint density at radius 3 is 2.38 bits per heavy atom. The van der Waals surface area contributed by atoms with Crippen molar-refractivity contribution in [3.63, 3.8) is 0 Å². The Morgan fingerprint density at radius 2 is 1.81 bits per heavy atom. The fraction of sp³-hybridized carbons (Fsp3) is 0.316. The molecule has 0 bridgehead atoms. The molecule has 0 spiro atoms. The van der Waals surface area contributed by atoms with Gasteiger partial charge in [-0.15, -0.1) is 12.4 Å². The van der Waals surface area contributed by atoms with Gasteiger partial charge in [-0.1, -0.05) is 23.7 Å². The molecule has 2 aromatic carbocycles. The molecule has 0 fully saturated rings. The molecule has 0 aliphatic carbocycles. The summed E-state index contributed by atoms with van der Waals surface area (Å²) in [6.07, 6.45) is 0. The number of carbonyl (C=O) groups excluding carboxylic acids is 1. The van der Waals surface area contributed by atoms with Crippen LogP contribution in [-0.2, 0) is 6.61 Å². The summed E-state index contributed by atoms with van der Waals surface area (Å²) < 4.78 is 11.1. The van der Waals surface area contributed by atoms with Gasteiger partial charge in [-0.2, -0.15) is 0 Å². The zero-order valence-corrected chi connectivity index (χ0v) is 16.6. The second-order valence-electron chi connectivity index (χ2n) is 6.32. The number of methoxy groups -OCH3 is 1. The lowest BCUT2D eigenvalue weighted by Crippen LogP contribution is -2.48. The zero-order valence-electron chi connectivity index (χ0n) is 15.0. The maximum absolute atomic E-state index is 12.3. The Balaban J connectivity index is 0.00000338. The van der Waals surface area contributed by atoms with Gasteiger partial charge >= 0.3 is 0 Å². The van der Waals surface area contributed by atoms with Crippen LogP contribution in [0.3, 0.4) is 0 Å². The maximum atomic E-state index is 12.3. The second-order valence-corrected chi connectivity index (χ2v) is 6.76. The van der Waals surface area contributed by atoms with Crippen molar-refractivity contribution in [2.24, 2.45) is 5.73 Å². The average molecular weight is 399 g/mol. The van der Waals surface area contributed by atoms with Crippen LogP contribution in [0.2, 0.25) is 5.02 Å². The monoisotopic (exact) mass is 398 g/mol. The largest absolute Gasteiger partial charge is 0.493 e. The van der Waals surface area contributed by atoms with Gasteiger partial charge in [0.25, 0.3) is 5.91 Å². The van der Waals surface area contributed by atoms with Gasteiger partial charge in [0.05, 0.1) is 7.11 Å². The van der Waals surface area contributed by atoms with Crippen molar-refractivity contribution in [1.82, 2.24) is 5.32 Å². The van der Waals surface area contributed by atoms with Crippen LogP contribution in [0.5, 0.6) is 11.5 Å². The standard InChI is InChI=1S/C19H23ClN2O3.ClH/c1-19(2,12-21)22-18(23)14-6-9-16(17(10-14)24-3)25-11-13-4-7-15(20)8-5-13;/h4-10H,11-12,21H2,1-3H3,(H,22,23);1H. The lowest BCUT2D eigenvalue weighted by Gasteiger charge is -2.24. The third-order valence-electron chi connectivity index (χ3n) is 3.70. The number of hydrogen-bond acceptors (Lipinski definition) is 4. The van der Waals surface area contributed by atoms with Crippen LogP contribution in [0.4, 0.5) is 0 Å². The summed E-state index contributed by atoms with van der Waals surface area (Å²) in [5, 5.41) is 3.56. The van der Waals surface area contributed by atoms with E-state index in [4.69, 9.17) is 26.8 Å². The van der Waals surface area contributed by atoms with Crippen molar-refractivity contribution < 1.29 is 14.3 Å². The lowest BCUT2D eigenvalue weighted by atomic mass is 10.1. The molecule has 1 amide bonds. The van der Waals surface area contributed by atoms with Crippen LogP contribution < -0.4 is 20.5 Å². The highest BCUT2D eigenvalue weighted by Crippen LogP contribution is 2.29. The first kappa shape index (κ1) is 22.1. The fourth-order valence-electron chi connectivity index (χ4n) is 2.10. The van der Waals surface area contributed by atoms with Crippen LogP contribution in [0, 0.1) is 0 Å². The van der Waals surface area contributed by atoms with E-state index in [1.165, 1.54) is 7.11 Å². The number of halogens is 2.